The Morgan fingerprint density at radius 3 is 2.80 bits per heavy atom. The van der Waals surface area contributed by atoms with Gasteiger partial charge in [-0.1, -0.05) is 11.6 Å². The molecule has 0 bridgehead atoms. The highest BCUT2D eigenvalue weighted by molar-refractivity contribution is 6.33. The van der Waals surface area contributed by atoms with E-state index in [1.807, 2.05) is 12.1 Å². The minimum atomic E-state index is -0.0107. The average Bonchev–Trinajstić information content (AvgIpc) is 2.95. The smallest absolute Gasteiger partial charge is 0.120 e. The van der Waals surface area contributed by atoms with Crippen LogP contribution >= 0.6 is 11.6 Å². The van der Waals surface area contributed by atoms with Crippen molar-refractivity contribution in [1.29, 1.82) is 0 Å². The van der Waals surface area contributed by atoms with Gasteiger partial charge < -0.3 is 15.8 Å². The van der Waals surface area contributed by atoms with Gasteiger partial charge in [0.15, 0.2) is 0 Å². The lowest BCUT2D eigenvalue weighted by Crippen LogP contribution is -2.31. The molecule has 3 nitrogen and oxygen atoms in total. The SMILES string of the molecule is COc1ccc(NCC2(N)CC2)c(Cl)c1. The second-order valence-electron chi connectivity index (χ2n) is 4.06. The molecule has 1 fully saturated rings. The molecule has 0 spiro atoms. The van der Waals surface area contributed by atoms with Crippen LogP contribution in [-0.2, 0) is 0 Å². The van der Waals surface area contributed by atoms with Crippen molar-refractivity contribution in [2.24, 2.45) is 5.73 Å². The molecule has 1 aliphatic rings. The molecule has 0 saturated heterocycles. The van der Waals surface area contributed by atoms with Crippen LogP contribution in [0.5, 0.6) is 5.75 Å². The molecule has 0 aromatic heterocycles. The molecule has 1 aliphatic carbocycles. The van der Waals surface area contributed by atoms with E-state index in [9.17, 15) is 0 Å². The molecule has 0 amide bonds. The van der Waals surface area contributed by atoms with E-state index in [-0.39, 0.29) is 5.54 Å². The van der Waals surface area contributed by atoms with Gasteiger partial charge in [-0.15, -0.1) is 0 Å². The van der Waals surface area contributed by atoms with Gasteiger partial charge in [0.1, 0.15) is 5.75 Å². The fraction of sp³-hybridized carbons (Fsp3) is 0.455. The number of rotatable bonds is 4. The number of hydrogen-bond acceptors (Lipinski definition) is 3. The fourth-order valence-corrected chi connectivity index (χ4v) is 1.61. The van der Waals surface area contributed by atoms with Crippen LogP contribution < -0.4 is 15.8 Å². The number of benzene rings is 1. The van der Waals surface area contributed by atoms with E-state index in [0.29, 0.717) is 5.02 Å². The minimum Gasteiger partial charge on any atom is -0.497 e. The Hall–Kier alpha value is -0.930. The van der Waals surface area contributed by atoms with Crippen LogP contribution in [0.3, 0.4) is 0 Å². The normalized spacial score (nSPS) is 17.3. The fourth-order valence-electron chi connectivity index (χ4n) is 1.37. The van der Waals surface area contributed by atoms with E-state index >= 15 is 0 Å². The molecule has 3 N–H and O–H groups in total. The molecule has 0 heterocycles. The predicted octanol–water partition coefficient (Wildman–Crippen LogP) is 2.25. The summed E-state index contributed by atoms with van der Waals surface area (Å²) in [6.45, 7) is 0.777. The second kappa shape index (κ2) is 3.91. The second-order valence-corrected chi connectivity index (χ2v) is 4.47. The summed E-state index contributed by atoms with van der Waals surface area (Å²) in [5, 5.41) is 3.92. The van der Waals surface area contributed by atoms with Gasteiger partial charge in [0.05, 0.1) is 17.8 Å². The van der Waals surface area contributed by atoms with Crippen LogP contribution in [0.15, 0.2) is 18.2 Å². The quantitative estimate of drug-likeness (QED) is 0.828. The van der Waals surface area contributed by atoms with Crippen LogP contribution in [0.4, 0.5) is 5.69 Å². The lowest BCUT2D eigenvalue weighted by Gasteiger charge is -2.13. The third-order valence-corrected chi connectivity index (χ3v) is 3.01. The van der Waals surface area contributed by atoms with Crippen molar-refractivity contribution in [3.05, 3.63) is 23.2 Å². The van der Waals surface area contributed by atoms with Crippen molar-refractivity contribution in [2.45, 2.75) is 18.4 Å². The first-order valence-electron chi connectivity index (χ1n) is 4.99. The topological polar surface area (TPSA) is 47.3 Å². The molecule has 4 heteroatoms. The summed E-state index contributed by atoms with van der Waals surface area (Å²) in [5.41, 5.74) is 6.87. The summed E-state index contributed by atoms with van der Waals surface area (Å²) < 4.78 is 5.07. The monoisotopic (exact) mass is 226 g/mol. The molecule has 1 aromatic carbocycles. The van der Waals surface area contributed by atoms with Gasteiger partial charge in [-0.3, -0.25) is 0 Å². The van der Waals surface area contributed by atoms with Crippen molar-refractivity contribution in [2.75, 3.05) is 19.0 Å². The summed E-state index contributed by atoms with van der Waals surface area (Å²) in [6.07, 6.45) is 2.18. The maximum absolute atomic E-state index is 6.07. The zero-order chi connectivity index (χ0) is 10.9. The van der Waals surface area contributed by atoms with Crippen molar-refractivity contribution >= 4 is 17.3 Å². The van der Waals surface area contributed by atoms with Crippen molar-refractivity contribution < 1.29 is 4.74 Å². The molecule has 15 heavy (non-hydrogen) atoms. The van der Waals surface area contributed by atoms with Crippen LogP contribution in [0.2, 0.25) is 5.02 Å². The van der Waals surface area contributed by atoms with E-state index in [2.05, 4.69) is 5.32 Å². The van der Waals surface area contributed by atoms with Gasteiger partial charge in [0.25, 0.3) is 0 Å². The van der Waals surface area contributed by atoms with E-state index in [0.717, 1.165) is 30.8 Å². The molecular formula is C11H15ClN2O. The number of anilines is 1. The van der Waals surface area contributed by atoms with Crippen molar-refractivity contribution in [3.63, 3.8) is 0 Å². The number of ether oxygens (including phenoxy) is 1. The van der Waals surface area contributed by atoms with Gasteiger partial charge in [0.2, 0.25) is 0 Å². The maximum Gasteiger partial charge on any atom is 0.120 e. The van der Waals surface area contributed by atoms with Crippen LogP contribution in [0.25, 0.3) is 0 Å². The molecule has 1 aromatic rings. The summed E-state index contributed by atoms with van der Waals surface area (Å²) >= 11 is 6.07. The van der Waals surface area contributed by atoms with Gasteiger partial charge in [-0.2, -0.15) is 0 Å². The highest BCUT2D eigenvalue weighted by Gasteiger charge is 2.37. The molecule has 82 valence electrons. The first kappa shape index (κ1) is 10.6. The Morgan fingerprint density at radius 2 is 2.27 bits per heavy atom. The molecular weight excluding hydrogens is 212 g/mol. The lowest BCUT2D eigenvalue weighted by molar-refractivity contribution is 0.415. The molecule has 0 aliphatic heterocycles. The Balaban J connectivity index is 2.01. The van der Waals surface area contributed by atoms with Crippen molar-refractivity contribution in [1.82, 2.24) is 0 Å². The number of nitrogens with two attached hydrogens (primary N) is 1. The highest BCUT2D eigenvalue weighted by Crippen LogP contribution is 2.33. The third kappa shape index (κ3) is 2.55. The van der Waals surface area contributed by atoms with Gasteiger partial charge in [0, 0.05) is 18.2 Å². The van der Waals surface area contributed by atoms with E-state index in [1.165, 1.54) is 0 Å². The Morgan fingerprint density at radius 1 is 1.53 bits per heavy atom. The molecule has 1 saturated carbocycles. The van der Waals surface area contributed by atoms with Crippen LogP contribution in [-0.4, -0.2) is 19.2 Å². The molecule has 0 radical (unpaired) electrons. The number of halogens is 1. The van der Waals surface area contributed by atoms with Gasteiger partial charge in [-0.25, -0.2) is 0 Å². The van der Waals surface area contributed by atoms with Crippen molar-refractivity contribution in [3.8, 4) is 5.75 Å². The zero-order valence-electron chi connectivity index (χ0n) is 8.72. The van der Waals surface area contributed by atoms with E-state index in [4.69, 9.17) is 22.1 Å². The van der Waals surface area contributed by atoms with E-state index < -0.39 is 0 Å². The van der Waals surface area contributed by atoms with E-state index in [1.54, 1.807) is 13.2 Å². The number of hydrogen-bond donors (Lipinski definition) is 2. The third-order valence-electron chi connectivity index (χ3n) is 2.70. The standard InChI is InChI=1S/C11H15ClN2O/c1-15-8-2-3-10(9(12)6-8)14-7-11(13)4-5-11/h2-3,6,14H,4-5,7,13H2,1H3. The largest absolute Gasteiger partial charge is 0.497 e. The summed E-state index contributed by atoms with van der Waals surface area (Å²) in [5.74, 6) is 0.763. The highest BCUT2D eigenvalue weighted by atomic mass is 35.5. The first-order chi connectivity index (χ1) is 7.13. The Bertz CT molecular complexity index is 364. The summed E-state index contributed by atoms with van der Waals surface area (Å²) in [6, 6.07) is 5.58. The van der Waals surface area contributed by atoms with Crippen LogP contribution in [0.1, 0.15) is 12.8 Å². The summed E-state index contributed by atoms with van der Waals surface area (Å²) in [7, 11) is 1.62. The minimum absolute atomic E-state index is 0.0107. The lowest BCUT2D eigenvalue weighted by atomic mass is 10.2. The number of methoxy groups -OCH3 is 1. The summed E-state index contributed by atoms with van der Waals surface area (Å²) in [4.78, 5) is 0. The van der Waals surface area contributed by atoms with Crippen LogP contribution in [0, 0.1) is 0 Å². The Kier molecular flexibility index (Phi) is 2.76. The maximum atomic E-state index is 6.07. The average molecular weight is 227 g/mol. The van der Waals surface area contributed by atoms with Gasteiger partial charge >= 0.3 is 0 Å². The number of nitrogens with one attached hydrogen (secondary N) is 1. The first-order valence-corrected chi connectivity index (χ1v) is 5.37. The molecule has 2 rings (SSSR count). The molecule has 0 unspecified atom stereocenters. The van der Waals surface area contributed by atoms with Gasteiger partial charge in [-0.05, 0) is 25.0 Å². The molecule has 0 atom stereocenters. The zero-order valence-corrected chi connectivity index (χ0v) is 9.47. The predicted molar refractivity (Wildman–Crippen MR) is 62.6 cm³/mol. The Labute approximate surface area is 94.6 Å².